The van der Waals surface area contributed by atoms with Gasteiger partial charge in [0.05, 0.1) is 5.69 Å². The molecule has 0 spiro atoms. The third-order valence-corrected chi connectivity index (χ3v) is 3.66. The van der Waals surface area contributed by atoms with E-state index in [-0.39, 0.29) is 0 Å². The van der Waals surface area contributed by atoms with Gasteiger partial charge in [0.1, 0.15) is 4.60 Å². The molecule has 0 aliphatic carbocycles. The molecule has 0 unspecified atom stereocenters. The summed E-state index contributed by atoms with van der Waals surface area (Å²) < 4.78 is 0.898. The van der Waals surface area contributed by atoms with Crippen molar-refractivity contribution in [2.75, 3.05) is 6.54 Å². The molecule has 0 aliphatic heterocycles. The number of aromatic nitrogens is 1. The van der Waals surface area contributed by atoms with Gasteiger partial charge in [0.25, 0.3) is 0 Å². The quantitative estimate of drug-likeness (QED) is 0.836. The Balaban J connectivity index is 2.42. The van der Waals surface area contributed by atoms with E-state index >= 15 is 0 Å². The van der Waals surface area contributed by atoms with E-state index in [1.54, 1.807) is 0 Å². The van der Waals surface area contributed by atoms with Crippen LogP contribution in [-0.4, -0.2) is 11.5 Å². The van der Waals surface area contributed by atoms with Crippen LogP contribution in [0.4, 0.5) is 0 Å². The lowest BCUT2D eigenvalue weighted by Gasteiger charge is -2.29. The molecule has 0 saturated carbocycles. The van der Waals surface area contributed by atoms with Gasteiger partial charge in [-0.1, -0.05) is 33.8 Å². The summed E-state index contributed by atoms with van der Waals surface area (Å²) in [5.74, 6) is 0.676. The molecular weight excluding hydrogens is 264 g/mol. The number of hydrogen-bond acceptors (Lipinski definition) is 2. The highest BCUT2D eigenvalue weighted by atomic mass is 79.9. The standard InChI is InChI=1S/C13H21BrN2/c1-10(2)13(3,4)9-15-8-11-6-5-7-12(14)16-11/h5-7,10,15H,8-9H2,1-4H3. The molecule has 16 heavy (non-hydrogen) atoms. The van der Waals surface area contributed by atoms with Gasteiger partial charge in [0.15, 0.2) is 0 Å². The lowest BCUT2D eigenvalue weighted by molar-refractivity contribution is 0.237. The van der Waals surface area contributed by atoms with Gasteiger partial charge >= 0.3 is 0 Å². The van der Waals surface area contributed by atoms with Crippen LogP contribution in [0.3, 0.4) is 0 Å². The van der Waals surface area contributed by atoms with Gasteiger partial charge in [-0.05, 0) is 39.4 Å². The summed E-state index contributed by atoms with van der Waals surface area (Å²) in [6.07, 6.45) is 0. The summed E-state index contributed by atoms with van der Waals surface area (Å²) in [5.41, 5.74) is 1.40. The molecule has 0 amide bonds. The minimum Gasteiger partial charge on any atom is -0.311 e. The van der Waals surface area contributed by atoms with Crippen LogP contribution in [0.1, 0.15) is 33.4 Å². The Hall–Kier alpha value is -0.410. The van der Waals surface area contributed by atoms with E-state index in [0.29, 0.717) is 11.3 Å². The topological polar surface area (TPSA) is 24.9 Å². The Bertz CT molecular complexity index is 334. The second-order valence-electron chi connectivity index (χ2n) is 5.20. The predicted octanol–water partition coefficient (Wildman–Crippen LogP) is 3.62. The molecule has 2 nitrogen and oxygen atoms in total. The molecule has 0 saturated heterocycles. The highest BCUT2D eigenvalue weighted by Crippen LogP contribution is 2.24. The van der Waals surface area contributed by atoms with Crippen molar-refractivity contribution in [3.63, 3.8) is 0 Å². The monoisotopic (exact) mass is 284 g/mol. The first-order valence-corrected chi connectivity index (χ1v) is 6.53. The minimum atomic E-state index is 0.325. The Kier molecular flexibility index (Phi) is 4.93. The highest BCUT2D eigenvalue weighted by molar-refractivity contribution is 9.10. The number of halogens is 1. The average molecular weight is 285 g/mol. The smallest absolute Gasteiger partial charge is 0.106 e. The van der Waals surface area contributed by atoms with Crippen molar-refractivity contribution in [2.24, 2.45) is 11.3 Å². The first-order chi connectivity index (χ1) is 7.42. The molecule has 0 atom stereocenters. The third-order valence-electron chi connectivity index (χ3n) is 3.22. The second kappa shape index (κ2) is 5.78. The van der Waals surface area contributed by atoms with E-state index in [2.05, 4.69) is 53.9 Å². The fourth-order valence-electron chi connectivity index (χ4n) is 1.27. The molecule has 0 fully saturated rings. The maximum atomic E-state index is 4.39. The Morgan fingerprint density at radius 1 is 1.38 bits per heavy atom. The Labute approximate surface area is 107 Å². The van der Waals surface area contributed by atoms with Crippen molar-refractivity contribution in [1.29, 1.82) is 0 Å². The van der Waals surface area contributed by atoms with Gasteiger partial charge in [0.2, 0.25) is 0 Å². The van der Waals surface area contributed by atoms with E-state index in [1.807, 2.05) is 18.2 Å². The van der Waals surface area contributed by atoms with Gasteiger partial charge < -0.3 is 5.32 Å². The molecule has 1 rings (SSSR count). The average Bonchev–Trinajstić information content (AvgIpc) is 2.17. The molecule has 90 valence electrons. The molecule has 1 N–H and O–H groups in total. The van der Waals surface area contributed by atoms with E-state index in [0.717, 1.165) is 23.4 Å². The van der Waals surface area contributed by atoms with Gasteiger partial charge in [-0.15, -0.1) is 0 Å². The number of hydrogen-bond donors (Lipinski definition) is 1. The zero-order valence-corrected chi connectivity index (χ0v) is 12.1. The van der Waals surface area contributed by atoms with Crippen LogP contribution < -0.4 is 5.32 Å². The van der Waals surface area contributed by atoms with Crippen LogP contribution in [0.25, 0.3) is 0 Å². The molecule has 0 bridgehead atoms. The molecular formula is C13H21BrN2. The van der Waals surface area contributed by atoms with Gasteiger partial charge in [-0.3, -0.25) is 0 Å². The van der Waals surface area contributed by atoms with Crippen molar-refractivity contribution >= 4 is 15.9 Å². The summed E-state index contributed by atoms with van der Waals surface area (Å²) in [4.78, 5) is 4.39. The minimum absolute atomic E-state index is 0.325. The van der Waals surface area contributed by atoms with Crippen molar-refractivity contribution in [2.45, 2.75) is 34.2 Å². The zero-order valence-electron chi connectivity index (χ0n) is 10.5. The first-order valence-electron chi connectivity index (χ1n) is 5.74. The number of rotatable bonds is 5. The lowest BCUT2D eigenvalue weighted by Crippen LogP contribution is -2.33. The van der Waals surface area contributed by atoms with Gasteiger partial charge in [-0.25, -0.2) is 4.98 Å². The maximum Gasteiger partial charge on any atom is 0.106 e. The van der Waals surface area contributed by atoms with E-state index in [1.165, 1.54) is 0 Å². The SMILES string of the molecule is CC(C)C(C)(C)CNCc1cccc(Br)n1. The van der Waals surface area contributed by atoms with Gasteiger partial charge in [0, 0.05) is 13.1 Å². The first kappa shape index (κ1) is 13.7. The van der Waals surface area contributed by atoms with E-state index < -0.39 is 0 Å². The van der Waals surface area contributed by atoms with Crippen molar-refractivity contribution in [1.82, 2.24) is 10.3 Å². The van der Waals surface area contributed by atoms with Crippen molar-refractivity contribution in [3.05, 3.63) is 28.5 Å². The largest absolute Gasteiger partial charge is 0.311 e. The summed E-state index contributed by atoms with van der Waals surface area (Å²) in [6.45, 7) is 10.9. The second-order valence-corrected chi connectivity index (χ2v) is 6.01. The fourth-order valence-corrected chi connectivity index (χ4v) is 1.65. The van der Waals surface area contributed by atoms with Crippen LogP contribution in [-0.2, 0) is 6.54 Å². The van der Waals surface area contributed by atoms with Crippen molar-refractivity contribution in [3.8, 4) is 0 Å². The Morgan fingerprint density at radius 2 is 2.06 bits per heavy atom. The summed E-state index contributed by atoms with van der Waals surface area (Å²) in [7, 11) is 0. The fraction of sp³-hybridized carbons (Fsp3) is 0.615. The van der Waals surface area contributed by atoms with Crippen LogP contribution in [0.2, 0.25) is 0 Å². The number of pyridine rings is 1. The van der Waals surface area contributed by atoms with Gasteiger partial charge in [-0.2, -0.15) is 0 Å². The zero-order chi connectivity index (χ0) is 12.2. The molecule has 0 radical (unpaired) electrons. The highest BCUT2D eigenvalue weighted by Gasteiger charge is 2.21. The molecule has 3 heteroatoms. The molecule has 0 aromatic carbocycles. The number of nitrogens with zero attached hydrogens (tertiary/aromatic N) is 1. The molecule has 1 aromatic rings. The van der Waals surface area contributed by atoms with Crippen LogP contribution in [0.15, 0.2) is 22.8 Å². The van der Waals surface area contributed by atoms with Crippen molar-refractivity contribution < 1.29 is 0 Å². The summed E-state index contributed by atoms with van der Waals surface area (Å²) in [6, 6.07) is 6.00. The maximum absolute atomic E-state index is 4.39. The molecule has 1 heterocycles. The van der Waals surface area contributed by atoms with E-state index in [4.69, 9.17) is 0 Å². The lowest BCUT2D eigenvalue weighted by atomic mass is 9.81. The molecule has 0 aliphatic rings. The predicted molar refractivity (Wildman–Crippen MR) is 72.3 cm³/mol. The van der Waals surface area contributed by atoms with Crippen LogP contribution in [0, 0.1) is 11.3 Å². The van der Waals surface area contributed by atoms with Crippen LogP contribution in [0.5, 0.6) is 0 Å². The van der Waals surface area contributed by atoms with Crippen LogP contribution >= 0.6 is 15.9 Å². The van der Waals surface area contributed by atoms with E-state index in [9.17, 15) is 0 Å². The third kappa shape index (κ3) is 4.22. The Morgan fingerprint density at radius 3 is 2.62 bits per heavy atom. The molecule has 1 aromatic heterocycles. The normalized spacial score (nSPS) is 12.1. The number of nitrogens with one attached hydrogen (secondary N) is 1. The summed E-state index contributed by atoms with van der Waals surface area (Å²) >= 11 is 3.38. The summed E-state index contributed by atoms with van der Waals surface area (Å²) in [5, 5.41) is 3.47.